The molecule has 5 nitrogen and oxygen atoms in total. The van der Waals surface area contributed by atoms with E-state index in [1.165, 1.54) is 17.4 Å². The van der Waals surface area contributed by atoms with Crippen LogP contribution in [0.25, 0.3) is 10.1 Å². The molecule has 0 unspecified atom stereocenters. The number of benzene rings is 2. The van der Waals surface area contributed by atoms with Gasteiger partial charge in [0.15, 0.2) is 0 Å². The number of nitrogens with one attached hydrogen (secondary N) is 3. The van der Waals surface area contributed by atoms with Crippen molar-refractivity contribution in [3.8, 4) is 0 Å². The van der Waals surface area contributed by atoms with Crippen molar-refractivity contribution in [2.75, 3.05) is 5.32 Å². The zero-order valence-electron chi connectivity index (χ0n) is 12.4. The second-order valence-corrected chi connectivity index (χ2v) is 7.15. The number of hydrazine groups is 1. The van der Waals surface area contributed by atoms with Gasteiger partial charge in [-0.1, -0.05) is 53.0 Å². The molecular weight excluding hydrogens is 405 g/mol. The lowest BCUT2D eigenvalue weighted by atomic mass is 10.2. The predicted octanol–water partition coefficient (Wildman–Crippen LogP) is 5.33. The van der Waals surface area contributed by atoms with Crippen molar-refractivity contribution in [1.82, 2.24) is 10.9 Å². The fraction of sp³-hybridized carbons (Fsp3) is 0. The highest BCUT2D eigenvalue weighted by Gasteiger charge is 2.17. The van der Waals surface area contributed by atoms with Gasteiger partial charge in [-0.2, -0.15) is 0 Å². The van der Waals surface area contributed by atoms with Crippen LogP contribution < -0.4 is 16.2 Å². The minimum Gasteiger partial charge on any atom is -0.307 e. The first kappa shape index (κ1) is 17.8. The van der Waals surface area contributed by atoms with E-state index in [4.69, 9.17) is 34.8 Å². The molecule has 3 aromatic rings. The Hall–Kier alpha value is -1.99. The number of fused-ring (bicyclic) bond motifs is 1. The summed E-state index contributed by atoms with van der Waals surface area (Å²) in [5.74, 6) is -0.504. The highest BCUT2D eigenvalue weighted by molar-refractivity contribution is 7.21. The Morgan fingerprint density at radius 3 is 2.40 bits per heavy atom. The summed E-state index contributed by atoms with van der Waals surface area (Å²) in [6.45, 7) is 0. The van der Waals surface area contributed by atoms with E-state index in [0.717, 1.165) is 10.1 Å². The van der Waals surface area contributed by atoms with E-state index in [2.05, 4.69) is 16.2 Å². The van der Waals surface area contributed by atoms with E-state index in [-0.39, 0.29) is 0 Å². The molecule has 0 aliphatic rings. The molecule has 0 aliphatic heterocycles. The van der Waals surface area contributed by atoms with Gasteiger partial charge in [-0.05, 0) is 24.3 Å². The van der Waals surface area contributed by atoms with Crippen molar-refractivity contribution in [2.24, 2.45) is 0 Å². The summed E-state index contributed by atoms with van der Waals surface area (Å²) in [4.78, 5) is 24.4. The molecule has 0 saturated carbocycles. The van der Waals surface area contributed by atoms with Gasteiger partial charge in [-0.3, -0.25) is 10.2 Å². The van der Waals surface area contributed by atoms with Crippen molar-refractivity contribution in [3.05, 3.63) is 62.4 Å². The lowest BCUT2D eigenvalue weighted by Gasteiger charge is -2.09. The quantitative estimate of drug-likeness (QED) is 0.496. The first-order chi connectivity index (χ1) is 12.0. The van der Waals surface area contributed by atoms with Crippen molar-refractivity contribution < 1.29 is 9.59 Å². The fourth-order valence-corrected chi connectivity index (χ4v) is 3.78. The van der Waals surface area contributed by atoms with Gasteiger partial charge in [0.1, 0.15) is 4.88 Å². The number of rotatable bonds is 2. The van der Waals surface area contributed by atoms with Crippen LogP contribution in [0.1, 0.15) is 9.67 Å². The maximum absolute atomic E-state index is 12.2. The summed E-state index contributed by atoms with van der Waals surface area (Å²) in [6, 6.07) is 11.4. The molecule has 0 fully saturated rings. The molecule has 1 aromatic heterocycles. The number of halogens is 3. The van der Waals surface area contributed by atoms with Crippen molar-refractivity contribution >= 4 is 73.9 Å². The van der Waals surface area contributed by atoms with Gasteiger partial charge in [-0.15, -0.1) is 11.3 Å². The smallest absolute Gasteiger partial charge is 0.307 e. The van der Waals surface area contributed by atoms with Gasteiger partial charge in [0.2, 0.25) is 0 Å². The first-order valence-corrected chi connectivity index (χ1v) is 8.90. The number of hydrogen-bond donors (Lipinski definition) is 3. The van der Waals surface area contributed by atoms with Gasteiger partial charge in [-0.25, -0.2) is 10.2 Å². The van der Waals surface area contributed by atoms with Crippen LogP contribution in [0.5, 0.6) is 0 Å². The van der Waals surface area contributed by atoms with Crippen LogP contribution in [0.2, 0.25) is 15.1 Å². The molecular formula is C16H10Cl3N3O2S. The highest BCUT2D eigenvalue weighted by atomic mass is 35.5. The number of amides is 3. The lowest BCUT2D eigenvalue weighted by molar-refractivity contribution is 0.0942. The molecule has 2 aromatic carbocycles. The van der Waals surface area contributed by atoms with Crippen LogP contribution in [-0.4, -0.2) is 11.9 Å². The summed E-state index contributed by atoms with van der Waals surface area (Å²) in [7, 11) is 0. The molecule has 128 valence electrons. The molecule has 0 bridgehead atoms. The Morgan fingerprint density at radius 1 is 0.920 bits per heavy atom. The SMILES string of the molecule is O=C(NNC(=O)c1sc2ccccc2c1Cl)Nc1ccc(Cl)c(Cl)c1. The number of carbonyl (C=O) groups excluding carboxylic acids is 2. The average molecular weight is 415 g/mol. The number of urea groups is 1. The average Bonchev–Trinajstić information content (AvgIpc) is 2.93. The van der Waals surface area contributed by atoms with Gasteiger partial charge >= 0.3 is 6.03 Å². The van der Waals surface area contributed by atoms with Crippen molar-refractivity contribution in [1.29, 1.82) is 0 Å². The van der Waals surface area contributed by atoms with Crippen LogP contribution in [0, 0.1) is 0 Å². The number of hydrogen-bond acceptors (Lipinski definition) is 3. The molecule has 3 amide bonds. The third kappa shape index (κ3) is 3.99. The topological polar surface area (TPSA) is 70.2 Å². The third-order valence-electron chi connectivity index (χ3n) is 3.21. The standard InChI is InChI=1S/C16H10Cl3N3O2S/c17-10-6-5-8(7-11(10)18)20-16(24)22-21-15(23)14-13(19)9-3-1-2-4-12(9)25-14/h1-7H,(H,21,23)(H2,20,22,24). The van der Waals surface area contributed by atoms with Crippen LogP contribution >= 0.6 is 46.1 Å². The molecule has 3 N–H and O–H groups in total. The Morgan fingerprint density at radius 2 is 1.68 bits per heavy atom. The summed E-state index contributed by atoms with van der Waals surface area (Å²) in [5.41, 5.74) is 5.00. The van der Waals surface area contributed by atoms with Crippen LogP contribution in [0.15, 0.2) is 42.5 Å². The molecule has 0 radical (unpaired) electrons. The van der Waals surface area contributed by atoms with E-state index in [0.29, 0.717) is 25.6 Å². The molecule has 0 atom stereocenters. The molecule has 1 heterocycles. The molecule has 9 heteroatoms. The second kappa shape index (κ2) is 7.49. The van der Waals surface area contributed by atoms with Gasteiger partial charge in [0, 0.05) is 15.8 Å². The Bertz CT molecular complexity index is 974. The summed E-state index contributed by atoms with van der Waals surface area (Å²) in [5, 5.41) is 4.34. The summed E-state index contributed by atoms with van der Waals surface area (Å²) < 4.78 is 0.887. The highest BCUT2D eigenvalue weighted by Crippen LogP contribution is 2.34. The van der Waals surface area contributed by atoms with E-state index in [9.17, 15) is 9.59 Å². The molecule has 0 spiro atoms. The number of thiophene rings is 1. The Balaban J connectivity index is 1.64. The fourth-order valence-electron chi connectivity index (χ4n) is 2.07. The lowest BCUT2D eigenvalue weighted by Crippen LogP contribution is -2.43. The minimum absolute atomic E-state index is 0.306. The molecule has 0 aliphatic carbocycles. The largest absolute Gasteiger partial charge is 0.337 e. The van der Waals surface area contributed by atoms with E-state index < -0.39 is 11.9 Å². The van der Waals surface area contributed by atoms with Crippen molar-refractivity contribution in [3.63, 3.8) is 0 Å². The minimum atomic E-state index is -0.635. The normalized spacial score (nSPS) is 10.5. The maximum Gasteiger partial charge on any atom is 0.337 e. The van der Waals surface area contributed by atoms with E-state index in [1.54, 1.807) is 12.1 Å². The Kier molecular flexibility index (Phi) is 5.34. The van der Waals surface area contributed by atoms with E-state index in [1.807, 2.05) is 24.3 Å². The van der Waals surface area contributed by atoms with Crippen LogP contribution in [-0.2, 0) is 0 Å². The van der Waals surface area contributed by atoms with Crippen LogP contribution in [0.4, 0.5) is 10.5 Å². The monoisotopic (exact) mass is 413 g/mol. The summed E-state index contributed by atoms with van der Waals surface area (Å²) >= 11 is 19.1. The molecule has 3 rings (SSSR count). The van der Waals surface area contributed by atoms with Gasteiger partial charge in [0.25, 0.3) is 5.91 Å². The van der Waals surface area contributed by atoms with Crippen LogP contribution in [0.3, 0.4) is 0 Å². The van der Waals surface area contributed by atoms with Crippen molar-refractivity contribution in [2.45, 2.75) is 0 Å². The number of anilines is 1. The van der Waals surface area contributed by atoms with Gasteiger partial charge < -0.3 is 5.32 Å². The zero-order valence-corrected chi connectivity index (χ0v) is 15.5. The Labute approximate surface area is 161 Å². The summed E-state index contributed by atoms with van der Waals surface area (Å²) in [6.07, 6.45) is 0. The first-order valence-electron chi connectivity index (χ1n) is 6.95. The zero-order chi connectivity index (χ0) is 18.0. The maximum atomic E-state index is 12.2. The predicted molar refractivity (Wildman–Crippen MR) is 103 cm³/mol. The molecule has 25 heavy (non-hydrogen) atoms. The third-order valence-corrected chi connectivity index (χ3v) is 5.62. The van der Waals surface area contributed by atoms with Gasteiger partial charge in [0.05, 0.1) is 15.1 Å². The van der Waals surface area contributed by atoms with E-state index >= 15 is 0 Å². The number of carbonyl (C=O) groups is 2. The second-order valence-electron chi connectivity index (χ2n) is 4.90. The molecule has 0 saturated heterocycles.